The number of piperidine rings is 1. The van der Waals surface area contributed by atoms with Crippen LogP contribution in [0.4, 0.5) is 0 Å². The average Bonchev–Trinajstić information content (AvgIpc) is 2.44. The number of amides is 1. The molecule has 4 heteroatoms. The Labute approximate surface area is 138 Å². The molecule has 2 atom stereocenters. The third-order valence-electron chi connectivity index (χ3n) is 4.15. The van der Waals surface area contributed by atoms with Crippen molar-refractivity contribution in [3.8, 4) is 5.75 Å². The quantitative estimate of drug-likeness (QED) is 0.756. The van der Waals surface area contributed by atoms with Crippen LogP contribution in [-0.2, 0) is 4.79 Å². The predicted molar refractivity (Wildman–Crippen MR) is 90.4 cm³/mol. The van der Waals surface area contributed by atoms with Gasteiger partial charge in [-0.1, -0.05) is 25.4 Å². The second-order valence-corrected chi connectivity index (χ2v) is 7.04. The van der Waals surface area contributed by atoms with Gasteiger partial charge in [0.05, 0.1) is 6.61 Å². The smallest absolute Gasteiger partial charge is 0.222 e. The van der Waals surface area contributed by atoms with Crippen LogP contribution in [-0.4, -0.2) is 30.5 Å². The molecule has 3 nitrogen and oxygen atoms in total. The fourth-order valence-corrected chi connectivity index (χ4v) is 3.43. The van der Waals surface area contributed by atoms with Gasteiger partial charge in [0, 0.05) is 24.5 Å². The first-order valence-corrected chi connectivity index (χ1v) is 8.50. The maximum atomic E-state index is 12.3. The first kappa shape index (κ1) is 17.1. The van der Waals surface area contributed by atoms with Crippen molar-refractivity contribution in [3.05, 3.63) is 28.8 Å². The number of benzene rings is 1. The van der Waals surface area contributed by atoms with Crippen LogP contribution in [0.2, 0.25) is 5.02 Å². The van der Waals surface area contributed by atoms with Crippen LogP contribution in [0.15, 0.2) is 18.2 Å². The largest absolute Gasteiger partial charge is 0.493 e. The lowest BCUT2D eigenvalue weighted by Crippen LogP contribution is -2.42. The van der Waals surface area contributed by atoms with Gasteiger partial charge in [0.15, 0.2) is 0 Å². The van der Waals surface area contributed by atoms with E-state index in [1.165, 1.54) is 6.42 Å². The number of carbonyl (C=O) groups is 1. The van der Waals surface area contributed by atoms with E-state index in [1.54, 1.807) is 0 Å². The SMILES string of the molecule is Cc1cc(Cl)ccc1OCCCC(=O)N1CC(C)CC(C)C1. The van der Waals surface area contributed by atoms with Gasteiger partial charge in [-0.15, -0.1) is 0 Å². The molecule has 2 rings (SSSR count). The summed E-state index contributed by atoms with van der Waals surface area (Å²) in [6.45, 7) is 8.79. The molecule has 0 aromatic heterocycles. The molecule has 1 saturated heterocycles. The highest BCUT2D eigenvalue weighted by molar-refractivity contribution is 6.30. The zero-order valence-electron chi connectivity index (χ0n) is 13.8. The Bertz CT molecular complexity index is 508. The lowest BCUT2D eigenvalue weighted by atomic mass is 9.91. The van der Waals surface area contributed by atoms with Gasteiger partial charge in [0.1, 0.15) is 5.75 Å². The van der Waals surface area contributed by atoms with E-state index >= 15 is 0 Å². The predicted octanol–water partition coefficient (Wildman–Crippen LogP) is 4.31. The molecule has 1 fully saturated rings. The van der Waals surface area contributed by atoms with Crippen molar-refractivity contribution >= 4 is 17.5 Å². The summed E-state index contributed by atoms with van der Waals surface area (Å²) < 4.78 is 5.74. The summed E-state index contributed by atoms with van der Waals surface area (Å²) in [6.07, 6.45) is 2.54. The molecule has 0 spiro atoms. The Morgan fingerprint density at radius 1 is 1.32 bits per heavy atom. The topological polar surface area (TPSA) is 29.5 Å². The number of ether oxygens (including phenoxy) is 1. The molecule has 0 N–H and O–H groups in total. The van der Waals surface area contributed by atoms with Gasteiger partial charge < -0.3 is 9.64 Å². The molecule has 1 aromatic rings. The van der Waals surface area contributed by atoms with E-state index in [9.17, 15) is 4.79 Å². The fourth-order valence-electron chi connectivity index (χ4n) is 3.20. The van der Waals surface area contributed by atoms with Crippen LogP contribution >= 0.6 is 11.6 Å². The molecule has 1 aromatic carbocycles. The van der Waals surface area contributed by atoms with Crippen LogP contribution in [0, 0.1) is 18.8 Å². The second-order valence-electron chi connectivity index (χ2n) is 6.61. The molecule has 0 bridgehead atoms. The summed E-state index contributed by atoms with van der Waals surface area (Å²) >= 11 is 5.92. The Kier molecular flexibility index (Phi) is 6.13. The van der Waals surface area contributed by atoms with Gasteiger partial charge in [-0.2, -0.15) is 0 Å². The zero-order chi connectivity index (χ0) is 16.1. The fraction of sp³-hybridized carbons (Fsp3) is 0.611. The van der Waals surface area contributed by atoms with Crippen molar-refractivity contribution in [2.75, 3.05) is 19.7 Å². The molecule has 1 aliphatic rings. The molecule has 22 heavy (non-hydrogen) atoms. The third kappa shape index (κ3) is 4.91. The van der Waals surface area contributed by atoms with Crippen molar-refractivity contribution in [1.29, 1.82) is 0 Å². The summed E-state index contributed by atoms with van der Waals surface area (Å²) in [5, 5.41) is 0.716. The van der Waals surface area contributed by atoms with E-state index in [0.29, 0.717) is 29.9 Å². The van der Waals surface area contributed by atoms with E-state index in [-0.39, 0.29) is 5.91 Å². The zero-order valence-corrected chi connectivity index (χ0v) is 14.5. The molecule has 0 aliphatic carbocycles. The normalized spacial score (nSPS) is 21.7. The average molecular weight is 324 g/mol. The van der Waals surface area contributed by atoms with Gasteiger partial charge in [-0.3, -0.25) is 4.79 Å². The maximum Gasteiger partial charge on any atom is 0.222 e. The molecule has 1 heterocycles. The highest BCUT2D eigenvalue weighted by Crippen LogP contribution is 2.23. The summed E-state index contributed by atoms with van der Waals surface area (Å²) in [5.74, 6) is 2.33. The number of hydrogen-bond donors (Lipinski definition) is 0. The molecule has 122 valence electrons. The molecule has 0 radical (unpaired) electrons. The van der Waals surface area contributed by atoms with Crippen molar-refractivity contribution in [2.24, 2.45) is 11.8 Å². The van der Waals surface area contributed by atoms with Crippen LogP contribution in [0.5, 0.6) is 5.75 Å². The Balaban J connectivity index is 1.73. The monoisotopic (exact) mass is 323 g/mol. The third-order valence-corrected chi connectivity index (χ3v) is 4.39. The summed E-state index contributed by atoms with van der Waals surface area (Å²) in [5.41, 5.74) is 1.03. The van der Waals surface area contributed by atoms with Gasteiger partial charge >= 0.3 is 0 Å². The lowest BCUT2D eigenvalue weighted by Gasteiger charge is -2.35. The van der Waals surface area contributed by atoms with Gasteiger partial charge in [0.2, 0.25) is 5.91 Å². The number of aryl methyl sites for hydroxylation is 1. The molecular formula is C18H26ClNO2. The minimum absolute atomic E-state index is 0.259. The van der Waals surface area contributed by atoms with Gasteiger partial charge in [0.25, 0.3) is 0 Å². The highest BCUT2D eigenvalue weighted by atomic mass is 35.5. The minimum atomic E-state index is 0.259. The van der Waals surface area contributed by atoms with Crippen LogP contribution in [0.1, 0.15) is 38.7 Å². The Morgan fingerprint density at radius 3 is 2.64 bits per heavy atom. The van der Waals surface area contributed by atoms with E-state index < -0.39 is 0 Å². The summed E-state index contributed by atoms with van der Waals surface area (Å²) in [6, 6.07) is 5.59. The maximum absolute atomic E-state index is 12.3. The van der Waals surface area contributed by atoms with Crippen molar-refractivity contribution in [2.45, 2.75) is 40.0 Å². The molecule has 1 aliphatic heterocycles. The molecule has 2 unspecified atom stereocenters. The number of hydrogen-bond acceptors (Lipinski definition) is 2. The molecule has 0 saturated carbocycles. The Morgan fingerprint density at radius 2 is 2.00 bits per heavy atom. The summed E-state index contributed by atoms with van der Waals surface area (Å²) in [7, 11) is 0. The number of rotatable bonds is 5. The molecule has 1 amide bonds. The van der Waals surface area contributed by atoms with E-state index in [0.717, 1.165) is 30.8 Å². The lowest BCUT2D eigenvalue weighted by molar-refractivity contribution is -0.134. The highest BCUT2D eigenvalue weighted by Gasteiger charge is 2.24. The van der Waals surface area contributed by atoms with Crippen molar-refractivity contribution < 1.29 is 9.53 Å². The first-order valence-electron chi connectivity index (χ1n) is 8.12. The van der Waals surface area contributed by atoms with E-state index in [4.69, 9.17) is 16.3 Å². The molecular weight excluding hydrogens is 298 g/mol. The van der Waals surface area contributed by atoms with Crippen molar-refractivity contribution in [1.82, 2.24) is 4.90 Å². The Hall–Kier alpha value is -1.22. The second kappa shape index (κ2) is 7.87. The van der Waals surface area contributed by atoms with E-state index in [2.05, 4.69) is 13.8 Å². The van der Waals surface area contributed by atoms with Crippen molar-refractivity contribution in [3.63, 3.8) is 0 Å². The summed E-state index contributed by atoms with van der Waals surface area (Å²) in [4.78, 5) is 14.3. The van der Waals surface area contributed by atoms with Crippen LogP contribution in [0.3, 0.4) is 0 Å². The number of halogens is 1. The van der Waals surface area contributed by atoms with Gasteiger partial charge in [-0.25, -0.2) is 0 Å². The first-order chi connectivity index (χ1) is 10.5. The number of likely N-dealkylation sites (tertiary alicyclic amines) is 1. The van der Waals surface area contributed by atoms with Gasteiger partial charge in [-0.05, 0) is 55.4 Å². The van der Waals surface area contributed by atoms with Crippen LogP contribution in [0.25, 0.3) is 0 Å². The minimum Gasteiger partial charge on any atom is -0.493 e. The van der Waals surface area contributed by atoms with Crippen LogP contribution < -0.4 is 4.74 Å². The number of carbonyl (C=O) groups excluding carboxylic acids is 1. The number of nitrogens with zero attached hydrogens (tertiary/aromatic N) is 1. The standard InChI is InChI=1S/C18H26ClNO2/c1-13-9-14(2)12-20(11-13)18(21)5-4-8-22-17-7-6-16(19)10-15(17)3/h6-7,10,13-14H,4-5,8-9,11-12H2,1-3H3. The van der Waals surface area contributed by atoms with E-state index in [1.807, 2.05) is 30.0 Å².